The number of benzene rings is 1. The van der Waals surface area contributed by atoms with Crippen LogP contribution in [0.5, 0.6) is 11.5 Å². The fourth-order valence-corrected chi connectivity index (χ4v) is 1.78. The first-order valence-corrected chi connectivity index (χ1v) is 6.32. The Balaban J connectivity index is 2.99. The molecule has 0 saturated carbocycles. The number of carbonyl (C=O) groups excluding carboxylic acids is 1. The number of carbonyl (C=O) groups is 1. The third-order valence-electron chi connectivity index (χ3n) is 3.09. The SMILES string of the molecule is CCN(CC(C)(C)CN)C(=O)c1cccc(O)c1O. The summed E-state index contributed by atoms with van der Waals surface area (Å²) in [7, 11) is 0. The molecule has 1 aromatic rings. The zero-order valence-electron chi connectivity index (χ0n) is 11.7. The molecule has 5 heteroatoms. The molecule has 4 N–H and O–H groups in total. The number of phenols is 2. The van der Waals surface area contributed by atoms with Crippen LogP contribution < -0.4 is 5.73 Å². The first-order valence-electron chi connectivity index (χ1n) is 6.32. The van der Waals surface area contributed by atoms with Gasteiger partial charge in [-0.05, 0) is 31.0 Å². The lowest BCUT2D eigenvalue weighted by molar-refractivity contribution is 0.0697. The van der Waals surface area contributed by atoms with E-state index >= 15 is 0 Å². The fourth-order valence-electron chi connectivity index (χ4n) is 1.78. The molecular weight excluding hydrogens is 244 g/mol. The van der Waals surface area contributed by atoms with E-state index in [2.05, 4.69) is 0 Å². The van der Waals surface area contributed by atoms with Crippen molar-refractivity contribution in [2.75, 3.05) is 19.6 Å². The maximum Gasteiger partial charge on any atom is 0.257 e. The van der Waals surface area contributed by atoms with E-state index in [4.69, 9.17) is 5.73 Å². The van der Waals surface area contributed by atoms with Crippen molar-refractivity contribution >= 4 is 5.91 Å². The molecule has 0 heterocycles. The van der Waals surface area contributed by atoms with Gasteiger partial charge in [-0.25, -0.2) is 0 Å². The Kier molecular flexibility index (Phi) is 4.78. The number of hydrogen-bond donors (Lipinski definition) is 3. The molecule has 0 atom stereocenters. The van der Waals surface area contributed by atoms with Gasteiger partial charge in [0.05, 0.1) is 5.56 Å². The molecule has 0 spiro atoms. The van der Waals surface area contributed by atoms with E-state index in [9.17, 15) is 15.0 Å². The van der Waals surface area contributed by atoms with Gasteiger partial charge in [-0.1, -0.05) is 19.9 Å². The minimum absolute atomic E-state index is 0.106. The molecule has 19 heavy (non-hydrogen) atoms. The van der Waals surface area contributed by atoms with E-state index in [1.165, 1.54) is 18.2 Å². The van der Waals surface area contributed by atoms with Crippen molar-refractivity contribution in [1.82, 2.24) is 4.90 Å². The second-order valence-corrected chi connectivity index (χ2v) is 5.36. The topological polar surface area (TPSA) is 86.8 Å². The number of nitrogens with zero attached hydrogens (tertiary/aromatic N) is 1. The molecule has 5 nitrogen and oxygen atoms in total. The number of nitrogens with two attached hydrogens (primary N) is 1. The second-order valence-electron chi connectivity index (χ2n) is 5.36. The summed E-state index contributed by atoms with van der Waals surface area (Å²) in [6.45, 7) is 7.29. The summed E-state index contributed by atoms with van der Waals surface area (Å²) in [5, 5.41) is 19.2. The molecule has 0 aliphatic rings. The molecule has 1 amide bonds. The highest BCUT2D eigenvalue weighted by Gasteiger charge is 2.25. The highest BCUT2D eigenvalue weighted by molar-refractivity contribution is 5.97. The van der Waals surface area contributed by atoms with Crippen LogP contribution in [0.25, 0.3) is 0 Å². The Bertz CT molecular complexity index is 458. The van der Waals surface area contributed by atoms with Gasteiger partial charge in [0.25, 0.3) is 5.91 Å². The highest BCUT2D eigenvalue weighted by atomic mass is 16.3. The fraction of sp³-hybridized carbons (Fsp3) is 0.500. The molecule has 0 unspecified atom stereocenters. The predicted octanol–water partition coefficient (Wildman–Crippen LogP) is 1.54. The van der Waals surface area contributed by atoms with Gasteiger partial charge in [0, 0.05) is 13.1 Å². The minimum Gasteiger partial charge on any atom is -0.504 e. The van der Waals surface area contributed by atoms with Gasteiger partial charge in [-0.2, -0.15) is 0 Å². The predicted molar refractivity (Wildman–Crippen MR) is 74.2 cm³/mol. The zero-order valence-corrected chi connectivity index (χ0v) is 11.7. The third-order valence-corrected chi connectivity index (χ3v) is 3.09. The molecule has 0 bridgehead atoms. The Hall–Kier alpha value is -1.75. The lowest BCUT2D eigenvalue weighted by Crippen LogP contribution is -2.42. The van der Waals surface area contributed by atoms with Crippen LogP contribution in [0.4, 0.5) is 0 Å². The van der Waals surface area contributed by atoms with Gasteiger partial charge in [-0.3, -0.25) is 4.79 Å². The number of aromatic hydroxyl groups is 2. The largest absolute Gasteiger partial charge is 0.504 e. The summed E-state index contributed by atoms with van der Waals surface area (Å²) in [5.41, 5.74) is 5.58. The van der Waals surface area contributed by atoms with Crippen LogP contribution in [0.2, 0.25) is 0 Å². The average molecular weight is 266 g/mol. The number of amides is 1. The molecule has 0 aliphatic carbocycles. The van der Waals surface area contributed by atoms with Crippen LogP contribution in [0.3, 0.4) is 0 Å². The summed E-state index contributed by atoms with van der Waals surface area (Å²) in [6, 6.07) is 4.37. The molecule has 0 aromatic heterocycles. The molecule has 0 fully saturated rings. The summed E-state index contributed by atoms with van der Waals surface area (Å²) in [6.07, 6.45) is 0. The summed E-state index contributed by atoms with van der Waals surface area (Å²) < 4.78 is 0. The molecule has 1 rings (SSSR count). The Labute approximate surface area is 113 Å². The van der Waals surface area contributed by atoms with Gasteiger partial charge < -0.3 is 20.8 Å². The first kappa shape index (κ1) is 15.3. The van der Waals surface area contributed by atoms with Crippen molar-refractivity contribution in [3.8, 4) is 11.5 Å². The number of phenolic OH excluding ortho intramolecular Hbond substituents is 2. The molecule has 0 aliphatic heterocycles. The lowest BCUT2D eigenvalue weighted by Gasteiger charge is -2.31. The smallest absolute Gasteiger partial charge is 0.257 e. The monoisotopic (exact) mass is 266 g/mol. The van der Waals surface area contributed by atoms with Crippen molar-refractivity contribution in [3.05, 3.63) is 23.8 Å². The van der Waals surface area contributed by atoms with Crippen LogP contribution in [-0.4, -0.2) is 40.7 Å². The van der Waals surface area contributed by atoms with Crippen molar-refractivity contribution < 1.29 is 15.0 Å². The lowest BCUT2D eigenvalue weighted by atomic mass is 9.93. The van der Waals surface area contributed by atoms with Gasteiger partial charge in [0.2, 0.25) is 0 Å². The number of rotatable bonds is 5. The first-order chi connectivity index (χ1) is 8.82. The second kappa shape index (κ2) is 5.93. The molecule has 106 valence electrons. The van der Waals surface area contributed by atoms with E-state index in [-0.39, 0.29) is 28.4 Å². The average Bonchev–Trinajstić information content (AvgIpc) is 2.38. The number of hydrogen-bond acceptors (Lipinski definition) is 4. The molecule has 0 saturated heterocycles. The van der Waals surface area contributed by atoms with Crippen LogP contribution in [0.1, 0.15) is 31.1 Å². The Morgan fingerprint density at radius 2 is 2.00 bits per heavy atom. The summed E-state index contributed by atoms with van der Waals surface area (Å²) in [4.78, 5) is 14.0. The summed E-state index contributed by atoms with van der Waals surface area (Å²) in [5.74, 6) is -0.978. The van der Waals surface area contributed by atoms with E-state index in [1.807, 2.05) is 20.8 Å². The van der Waals surface area contributed by atoms with E-state index in [0.717, 1.165) is 0 Å². The van der Waals surface area contributed by atoms with E-state index < -0.39 is 0 Å². The van der Waals surface area contributed by atoms with Gasteiger partial charge in [-0.15, -0.1) is 0 Å². The van der Waals surface area contributed by atoms with Crippen LogP contribution in [0, 0.1) is 5.41 Å². The molecular formula is C14H22N2O3. The van der Waals surface area contributed by atoms with Crippen molar-refractivity contribution in [2.24, 2.45) is 11.1 Å². The van der Waals surface area contributed by atoms with E-state index in [0.29, 0.717) is 19.6 Å². The van der Waals surface area contributed by atoms with Gasteiger partial charge in [0.15, 0.2) is 11.5 Å². The van der Waals surface area contributed by atoms with Gasteiger partial charge in [0.1, 0.15) is 0 Å². The van der Waals surface area contributed by atoms with Crippen molar-refractivity contribution in [3.63, 3.8) is 0 Å². The molecule has 1 aromatic carbocycles. The van der Waals surface area contributed by atoms with Crippen LogP contribution in [0.15, 0.2) is 18.2 Å². The number of para-hydroxylation sites is 1. The van der Waals surface area contributed by atoms with Gasteiger partial charge >= 0.3 is 0 Å². The van der Waals surface area contributed by atoms with Crippen LogP contribution in [-0.2, 0) is 0 Å². The standard InChI is InChI=1S/C14H22N2O3/c1-4-16(9-14(2,3)8-15)13(19)10-6-5-7-11(17)12(10)18/h5-7,17-18H,4,8-9,15H2,1-3H3. The minimum atomic E-state index is -0.378. The maximum atomic E-state index is 12.4. The normalized spacial score (nSPS) is 11.4. The van der Waals surface area contributed by atoms with E-state index in [1.54, 1.807) is 4.90 Å². The Morgan fingerprint density at radius 3 is 2.53 bits per heavy atom. The maximum absolute atomic E-state index is 12.4. The van der Waals surface area contributed by atoms with Crippen LogP contribution >= 0.6 is 0 Å². The zero-order chi connectivity index (χ0) is 14.6. The third kappa shape index (κ3) is 3.61. The summed E-state index contributed by atoms with van der Waals surface area (Å²) >= 11 is 0. The Morgan fingerprint density at radius 1 is 1.37 bits per heavy atom. The van der Waals surface area contributed by atoms with Crippen molar-refractivity contribution in [2.45, 2.75) is 20.8 Å². The van der Waals surface area contributed by atoms with Crippen molar-refractivity contribution in [1.29, 1.82) is 0 Å². The molecule has 0 radical (unpaired) electrons. The highest BCUT2D eigenvalue weighted by Crippen LogP contribution is 2.29. The quantitative estimate of drug-likeness (QED) is 0.706.